The van der Waals surface area contributed by atoms with Crippen LogP contribution in [0.25, 0.3) is 10.1 Å². The van der Waals surface area contributed by atoms with Crippen molar-refractivity contribution in [2.75, 3.05) is 25.0 Å². The number of nitrogens with one attached hydrogen (secondary N) is 1. The second-order valence-electron chi connectivity index (χ2n) is 6.28. The fourth-order valence-corrected chi connectivity index (χ4v) is 5.67. The maximum absolute atomic E-state index is 13.1. The van der Waals surface area contributed by atoms with Crippen molar-refractivity contribution in [3.8, 4) is 5.75 Å². The second kappa shape index (κ2) is 8.94. The van der Waals surface area contributed by atoms with E-state index in [0.717, 1.165) is 10.1 Å². The highest BCUT2D eigenvalue weighted by molar-refractivity contribution is 7.89. The molecule has 0 aliphatic rings. The maximum Gasteiger partial charge on any atom is 0.257 e. The molecule has 29 heavy (non-hydrogen) atoms. The third kappa shape index (κ3) is 4.29. The molecule has 6 nitrogen and oxygen atoms in total. The molecule has 0 aliphatic carbocycles. The van der Waals surface area contributed by atoms with Crippen molar-refractivity contribution >= 4 is 43.0 Å². The number of fused-ring (bicyclic) bond motifs is 1. The Morgan fingerprint density at radius 2 is 1.83 bits per heavy atom. The second-order valence-corrected chi connectivity index (χ2v) is 9.10. The zero-order chi connectivity index (χ0) is 21.0. The number of rotatable bonds is 8. The van der Waals surface area contributed by atoms with Gasteiger partial charge in [0.25, 0.3) is 5.91 Å². The van der Waals surface area contributed by atoms with E-state index in [9.17, 15) is 13.2 Å². The Labute approximate surface area is 175 Å². The summed E-state index contributed by atoms with van der Waals surface area (Å²) in [6.45, 7) is 6.41. The van der Waals surface area contributed by atoms with Crippen molar-refractivity contribution in [3.05, 3.63) is 53.4 Å². The minimum absolute atomic E-state index is 0.0519. The van der Waals surface area contributed by atoms with E-state index in [-0.39, 0.29) is 16.6 Å². The summed E-state index contributed by atoms with van der Waals surface area (Å²) in [6, 6.07) is 12.4. The predicted octanol–water partition coefficient (Wildman–Crippen LogP) is 4.58. The molecule has 3 rings (SSSR count). The molecular formula is C21H24N2O4S2. The van der Waals surface area contributed by atoms with Crippen LogP contribution in [0.5, 0.6) is 5.75 Å². The Balaban J connectivity index is 1.97. The zero-order valence-electron chi connectivity index (χ0n) is 16.6. The molecule has 0 bridgehead atoms. The highest BCUT2D eigenvalue weighted by Crippen LogP contribution is 2.31. The van der Waals surface area contributed by atoms with Crippen molar-refractivity contribution in [1.82, 2.24) is 4.31 Å². The van der Waals surface area contributed by atoms with E-state index in [2.05, 4.69) is 5.32 Å². The topological polar surface area (TPSA) is 75.7 Å². The average molecular weight is 433 g/mol. The third-order valence-electron chi connectivity index (χ3n) is 4.55. The van der Waals surface area contributed by atoms with Gasteiger partial charge in [-0.2, -0.15) is 4.31 Å². The van der Waals surface area contributed by atoms with Crippen molar-refractivity contribution in [3.63, 3.8) is 0 Å². The van der Waals surface area contributed by atoms with Crippen LogP contribution >= 0.6 is 11.3 Å². The lowest BCUT2D eigenvalue weighted by molar-refractivity contribution is 0.102. The smallest absolute Gasteiger partial charge is 0.257 e. The molecule has 1 heterocycles. The summed E-state index contributed by atoms with van der Waals surface area (Å²) in [6.07, 6.45) is 0. The van der Waals surface area contributed by atoms with Crippen LogP contribution in [0.2, 0.25) is 0 Å². The van der Waals surface area contributed by atoms with Gasteiger partial charge in [-0.25, -0.2) is 8.42 Å². The Hall–Kier alpha value is -2.42. The Kier molecular flexibility index (Phi) is 6.56. The van der Waals surface area contributed by atoms with E-state index in [0.29, 0.717) is 30.9 Å². The number of hydrogen-bond acceptors (Lipinski definition) is 5. The van der Waals surface area contributed by atoms with Gasteiger partial charge in [-0.1, -0.05) is 32.0 Å². The molecule has 0 radical (unpaired) electrons. The van der Waals surface area contributed by atoms with Crippen LogP contribution in [0.15, 0.2) is 52.7 Å². The summed E-state index contributed by atoms with van der Waals surface area (Å²) >= 11 is 1.50. The lowest BCUT2D eigenvalue weighted by Crippen LogP contribution is -2.31. The standard InChI is InChI=1S/C21H24N2O4S2/c1-4-23(5-2)29(25,26)20-13-15(11-12-18(20)27-6-3)22-21(24)17-14-28-19-10-8-7-9-16(17)19/h7-14H,4-6H2,1-3H3,(H,22,24). The van der Waals surface area contributed by atoms with E-state index < -0.39 is 10.0 Å². The largest absolute Gasteiger partial charge is 0.492 e. The number of anilines is 1. The van der Waals surface area contributed by atoms with E-state index >= 15 is 0 Å². The Morgan fingerprint density at radius 3 is 2.52 bits per heavy atom. The van der Waals surface area contributed by atoms with Gasteiger partial charge in [0.1, 0.15) is 10.6 Å². The first kappa shape index (κ1) is 21.3. The molecule has 1 aromatic heterocycles. The lowest BCUT2D eigenvalue weighted by atomic mass is 10.1. The fourth-order valence-electron chi connectivity index (χ4n) is 3.12. The summed E-state index contributed by atoms with van der Waals surface area (Å²) in [4.78, 5) is 12.9. The number of amides is 1. The highest BCUT2D eigenvalue weighted by atomic mass is 32.2. The number of ether oxygens (including phenoxy) is 1. The number of hydrogen-bond donors (Lipinski definition) is 1. The number of carbonyl (C=O) groups excluding carboxylic acids is 1. The van der Waals surface area contributed by atoms with Gasteiger partial charge in [-0.15, -0.1) is 11.3 Å². The lowest BCUT2D eigenvalue weighted by Gasteiger charge is -2.21. The van der Waals surface area contributed by atoms with Gasteiger partial charge < -0.3 is 10.1 Å². The zero-order valence-corrected chi connectivity index (χ0v) is 18.3. The highest BCUT2D eigenvalue weighted by Gasteiger charge is 2.26. The van der Waals surface area contributed by atoms with Gasteiger partial charge in [0.05, 0.1) is 12.2 Å². The fraction of sp³-hybridized carbons (Fsp3) is 0.286. The van der Waals surface area contributed by atoms with E-state index in [1.165, 1.54) is 21.7 Å². The molecule has 0 saturated carbocycles. The van der Waals surface area contributed by atoms with Crippen molar-refractivity contribution in [2.24, 2.45) is 0 Å². The van der Waals surface area contributed by atoms with Crippen LogP contribution in [0.1, 0.15) is 31.1 Å². The molecule has 0 spiro atoms. The average Bonchev–Trinajstić information content (AvgIpc) is 3.14. The number of benzene rings is 2. The third-order valence-corrected chi connectivity index (χ3v) is 7.58. The normalized spacial score (nSPS) is 11.7. The molecule has 0 fully saturated rings. The van der Waals surface area contributed by atoms with Crippen LogP contribution in [0, 0.1) is 0 Å². The number of thiophene rings is 1. The van der Waals surface area contributed by atoms with Crippen molar-refractivity contribution in [2.45, 2.75) is 25.7 Å². The van der Waals surface area contributed by atoms with Gasteiger partial charge in [0.2, 0.25) is 10.0 Å². The van der Waals surface area contributed by atoms with Crippen LogP contribution in [0.4, 0.5) is 5.69 Å². The molecule has 154 valence electrons. The predicted molar refractivity (Wildman–Crippen MR) is 117 cm³/mol. The molecule has 8 heteroatoms. The maximum atomic E-state index is 13.1. The van der Waals surface area contributed by atoms with Gasteiger partial charge in [-0.3, -0.25) is 4.79 Å². The molecule has 0 unspecified atom stereocenters. The molecule has 0 aliphatic heterocycles. The summed E-state index contributed by atoms with van der Waals surface area (Å²) in [5.41, 5.74) is 0.965. The molecule has 2 aromatic carbocycles. The van der Waals surface area contributed by atoms with E-state index in [4.69, 9.17) is 4.74 Å². The number of sulfonamides is 1. The van der Waals surface area contributed by atoms with Crippen LogP contribution in [-0.4, -0.2) is 38.3 Å². The minimum atomic E-state index is -3.74. The molecule has 1 N–H and O–H groups in total. The number of carbonyl (C=O) groups is 1. The van der Waals surface area contributed by atoms with Gasteiger partial charge in [0, 0.05) is 34.2 Å². The van der Waals surface area contributed by atoms with Crippen LogP contribution in [-0.2, 0) is 10.0 Å². The van der Waals surface area contributed by atoms with Crippen molar-refractivity contribution < 1.29 is 17.9 Å². The summed E-state index contributed by atoms with van der Waals surface area (Å²) in [5, 5.41) is 5.50. The molecule has 0 atom stereocenters. The molecular weight excluding hydrogens is 408 g/mol. The first-order chi connectivity index (χ1) is 13.9. The van der Waals surface area contributed by atoms with Crippen LogP contribution < -0.4 is 10.1 Å². The SMILES string of the molecule is CCOc1ccc(NC(=O)c2csc3ccccc23)cc1S(=O)(=O)N(CC)CC. The van der Waals surface area contributed by atoms with Crippen LogP contribution in [0.3, 0.4) is 0 Å². The summed E-state index contributed by atoms with van der Waals surface area (Å²) < 4.78 is 34.1. The first-order valence-electron chi connectivity index (χ1n) is 9.46. The van der Waals surface area contributed by atoms with E-state index in [1.54, 1.807) is 32.9 Å². The van der Waals surface area contributed by atoms with Crippen molar-refractivity contribution in [1.29, 1.82) is 0 Å². The Bertz CT molecular complexity index is 1120. The van der Waals surface area contributed by atoms with Gasteiger partial charge in [0.15, 0.2) is 0 Å². The summed E-state index contributed by atoms with van der Waals surface area (Å²) in [7, 11) is -3.74. The van der Waals surface area contributed by atoms with Gasteiger partial charge >= 0.3 is 0 Å². The quantitative estimate of drug-likeness (QED) is 0.565. The van der Waals surface area contributed by atoms with Gasteiger partial charge in [-0.05, 0) is 31.2 Å². The molecule has 3 aromatic rings. The molecule has 0 saturated heterocycles. The monoisotopic (exact) mass is 432 g/mol. The van der Waals surface area contributed by atoms with E-state index in [1.807, 2.05) is 29.6 Å². The first-order valence-corrected chi connectivity index (χ1v) is 11.8. The number of nitrogens with zero attached hydrogens (tertiary/aromatic N) is 1. The summed E-state index contributed by atoms with van der Waals surface area (Å²) in [5.74, 6) is -0.00354. The Morgan fingerprint density at radius 1 is 1.10 bits per heavy atom. The minimum Gasteiger partial charge on any atom is -0.492 e. The molecule has 1 amide bonds.